The van der Waals surface area contributed by atoms with Gasteiger partial charge in [-0.05, 0) is 13.3 Å². The first kappa shape index (κ1) is 22.0. The van der Waals surface area contributed by atoms with Gasteiger partial charge in [-0.25, -0.2) is 0 Å². The number of nitrogens with one attached hydrogen (secondary N) is 3. The van der Waals surface area contributed by atoms with Crippen molar-refractivity contribution in [3.8, 4) is 23.4 Å². The summed E-state index contributed by atoms with van der Waals surface area (Å²) in [5.74, 6) is 1.79. The summed E-state index contributed by atoms with van der Waals surface area (Å²) < 4.78 is 19.5. The molecule has 0 unspecified atom stereocenters. The minimum Gasteiger partial charge on any atom is -0.493 e. The third-order valence-corrected chi connectivity index (χ3v) is 3.49. The monoisotopic (exact) mass is 392 g/mol. The van der Waals surface area contributed by atoms with Crippen LogP contribution in [0.4, 0.5) is 5.69 Å². The van der Waals surface area contributed by atoms with Gasteiger partial charge in [0.05, 0.1) is 27.5 Å². The highest BCUT2D eigenvalue weighted by Crippen LogP contribution is 2.39. The van der Waals surface area contributed by atoms with E-state index in [0.717, 1.165) is 18.7 Å². The molecule has 0 saturated heterocycles. The zero-order valence-electron chi connectivity index (χ0n) is 15.8. The summed E-state index contributed by atoms with van der Waals surface area (Å²) >= 11 is 4.52. The van der Waals surface area contributed by atoms with Crippen molar-refractivity contribution in [3.63, 3.8) is 0 Å². The number of hydrogen-bond acceptors (Lipinski definition) is 8. The molecule has 1 rings (SSSR count). The first-order valence-electron chi connectivity index (χ1n) is 8.10. The van der Waals surface area contributed by atoms with E-state index in [4.69, 9.17) is 19.5 Å². The highest BCUT2D eigenvalue weighted by molar-refractivity contribution is 7.47. The lowest BCUT2D eigenvalue weighted by molar-refractivity contribution is 0.324. The molecule has 0 radical (unpaired) electrons. The van der Waals surface area contributed by atoms with E-state index in [0.29, 0.717) is 35.4 Å². The first-order valence-corrected chi connectivity index (χ1v) is 8.46. The van der Waals surface area contributed by atoms with Crippen LogP contribution in [0.15, 0.2) is 33.4 Å². The average molecular weight is 392 g/mol. The summed E-state index contributed by atoms with van der Waals surface area (Å²) in [7, 11) is 4.60. The van der Waals surface area contributed by atoms with E-state index in [1.54, 1.807) is 24.5 Å². The Bertz CT molecular complexity index is 705. The fourth-order valence-corrected chi connectivity index (χ4v) is 2.32. The Morgan fingerprint density at radius 3 is 2.30 bits per heavy atom. The van der Waals surface area contributed by atoms with Gasteiger partial charge in [0.2, 0.25) is 17.9 Å². The molecule has 0 heterocycles. The van der Waals surface area contributed by atoms with Gasteiger partial charge in [0.15, 0.2) is 11.5 Å². The smallest absolute Gasteiger partial charge is 0.211 e. The fourth-order valence-electron chi connectivity index (χ4n) is 2.16. The minimum absolute atomic E-state index is 0.319. The number of guanidine groups is 1. The van der Waals surface area contributed by atoms with Gasteiger partial charge in [0, 0.05) is 49.0 Å². The number of rotatable bonds is 10. The van der Waals surface area contributed by atoms with E-state index >= 15 is 0 Å². The molecule has 0 bridgehead atoms. The van der Waals surface area contributed by atoms with Crippen LogP contribution in [0.2, 0.25) is 0 Å². The van der Waals surface area contributed by atoms with Gasteiger partial charge in [-0.15, -0.1) is 4.99 Å². The van der Waals surface area contributed by atoms with Crippen molar-refractivity contribution in [2.75, 3.05) is 39.7 Å². The van der Waals surface area contributed by atoms with E-state index in [2.05, 4.69) is 37.7 Å². The van der Waals surface area contributed by atoms with Crippen LogP contribution in [0.1, 0.15) is 13.3 Å². The Kier molecular flexibility index (Phi) is 10.0. The number of aliphatic imine (C=N–C) groups is 1. The molecule has 1 aromatic carbocycles. The Labute approximate surface area is 164 Å². The number of nitriles is 1. The van der Waals surface area contributed by atoms with E-state index in [1.165, 1.54) is 21.3 Å². The highest BCUT2D eigenvalue weighted by atomic mass is 32.1. The predicted molar refractivity (Wildman–Crippen MR) is 107 cm³/mol. The number of methoxy groups -OCH3 is 3. The van der Waals surface area contributed by atoms with Crippen LogP contribution in [0, 0.1) is 11.5 Å². The number of hydrogen-bond donors (Lipinski definition) is 3. The zero-order valence-corrected chi connectivity index (χ0v) is 16.6. The van der Waals surface area contributed by atoms with E-state index < -0.39 is 0 Å². The van der Waals surface area contributed by atoms with Crippen LogP contribution < -0.4 is 30.2 Å². The highest BCUT2D eigenvalue weighted by Gasteiger charge is 2.14. The van der Waals surface area contributed by atoms with Crippen molar-refractivity contribution in [2.24, 2.45) is 9.36 Å². The molecule has 10 heteroatoms. The Morgan fingerprint density at radius 1 is 1.15 bits per heavy atom. The Morgan fingerprint density at radius 2 is 1.78 bits per heavy atom. The minimum atomic E-state index is 0.319. The lowest BCUT2D eigenvalue weighted by atomic mass is 10.2. The second-order valence-electron chi connectivity index (χ2n) is 5.22. The number of allylic oxidation sites excluding steroid dienone is 1. The van der Waals surface area contributed by atoms with Crippen LogP contribution in [0.25, 0.3) is 0 Å². The second-order valence-corrected chi connectivity index (χ2v) is 5.43. The first-order chi connectivity index (χ1) is 13.1. The number of nitrogens with zero attached hydrogens (tertiary/aromatic N) is 3. The molecule has 0 aliphatic rings. The SMILES string of the molecule is COc1cc(N/C(=N/C#N)NCCCN/C(C)=C\N=S)cc(OC)c1OC. The van der Waals surface area contributed by atoms with Crippen LogP contribution in [-0.2, 0) is 12.4 Å². The molecule has 0 aromatic heterocycles. The van der Waals surface area contributed by atoms with Gasteiger partial charge in [0.1, 0.15) is 0 Å². The Balaban J connectivity index is 2.72. The summed E-state index contributed by atoms with van der Waals surface area (Å²) in [6, 6.07) is 3.45. The quantitative estimate of drug-likeness (QED) is 0.240. The summed E-state index contributed by atoms with van der Waals surface area (Å²) in [6.07, 6.45) is 4.15. The second kappa shape index (κ2) is 12.3. The molecule has 0 spiro atoms. The maximum Gasteiger partial charge on any atom is 0.211 e. The predicted octanol–water partition coefficient (Wildman–Crippen LogP) is 2.12. The topological polar surface area (TPSA) is 112 Å². The number of anilines is 1. The van der Waals surface area contributed by atoms with Gasteiger partial charge < -0.3 is 30.2 Å². The van der Waals surface area contributed by atoms with Crippen LogP contribution >= 0.6 is 0 Å². The van der Waals surface area contributed by atoms with Crippen molar-refractivity contribution in [3.05, 3.63) is 24.0 Å². The Hall–Kier alpha value is -3.06. The molecular formula is C17H24N6O3S. The third-order valence-electron chi connectivity index (χ3n) is 3.39. The molecule has 27 heavy (non-hydrogen) atoms. The standard InChI is InChI=1S/C17H24N6O3S/c1-12(10-22-27)19-6-5-7-20-17(21-11-18)23-13-8-14(24-2)16(26-4)15(9-13)25-3/h8-10,19H,5-7H2,1-4H3,(H2,20,21,23)/b12-10-. The third kappa shape index (κ3) is 7.37. The van der Waals surface area contributed by atoms with Crippen molar-refractivity contribution in [1.82, 2.24) is 10.6 Å². The summed E-state index contributed by atoms with van der Waals surface area (Å²) in [5, 5.41) is 18.2. The molecule has 3 N–H and O–H groups in total. The maximum atomic E-state index is 8.91. The molecular weight excluding hydrogens is 368 g/mol. The molecule has 146 valence electrons. The molecule has 0 saturated carbocycles. The van der Waals surface area contributed by atoms with Gasteiger partial charge in [-0.3, -0.25) is 0 Å². The van der Waals surface area contributed by atoms with Crippen molar-refractivity contribution < 1.29 is 14.2 Å². The van der Waals surface area contributed by atoms with Crippen molar-refractivity contribution in [2.45, 2.75) is 13.3 Å². The molecule has 0 aliphatic heterocycles. The average Bonchev–Trinajstić information content (AvgIpc) is 2.67. The lowest BCUT2D eigenvalue weighted by Crippen LogP contribution is -2.32. The van der Waals surface area contributed by atoms with E-state index in [-0.39, 0.29) is 0 Å². The molecule has 0 amide bonds. The van der Waals surface area contributed by atoms with E-state index in [1.807, 2.05) is 6.92 Å². The molecule has 0 aliphatic carbocycles. The largest absolute Gasteiger partial charge is 0.493 e. The van der Waals surface area contributed by atoms with Crippen LogP contribution in [-0.4, -0.2) is 40.4 Å². The van der Waals surface area contributed by atoms with Crippen molar-refractivity contribution in [1.29, 1.82) is 5.26 Å². The van der Waals surface area contributed by atoms with E-state index in [9.17, 15) is 0 Å². The summed E-state index contributed by atoms with van der Waals surface area (Å²) in [4.78, 5) is 3.76. The lowest BCUT2D eigenvalue weighted by Gasteiger charge is -2.16. The van der Waals surface area contributed by atoms with Gasteiger partial charge in [-0.1, -0.05) is 0 Å². The number of ether oxygens (including phenoxy) is 3. The summed E-state index contributed by atoms with van der Waals surface area (Å²) in [6.45, 7) is 3.21. The molecule has 1 aromatic rings. The molecule has 9 nitrogen and oxygen atoms in total. The molecule has 0 atom stereocenters. The van der Waals surface area contributed by atoms with Gasteiger partial charge >= 0.3 is 0 Å². The van der Waals surface area contributed by atoms with Crippen molar-refractivity contribution >= 4 is 24.1 Å². The van der Waals surface area contributed by atoms with Gasteiger partial charge in [-0.2, -0.15) is 9.62 Å². The normalized spacial score (nSPS) is 11.2. The zero-order chi connectivity index (χ0) is 20.1. The molecule has 0 fully saturated rings. The number of benzene rings is 1. The summed E-state index contributed by atoms with van der Waals surface area (Å²) in [5.41, 5.74) is 1.53. The van der Waals surface area contributed by atoms with Crippen LogP contribution in [0.3, 0.4) is 0 Å². The maximum absolute atomic E-state index is 8.91. The van der Waals surface area contributed by atoms with Gasteiger partial charge in [0.25, 0.3) is 0 Å². The van der Waals surface area contributed by atoms with Crippen LogP contribution in [0.5, 0.6) is 17.2 Å². The fraction of sp³-hybridized carbons (Fsp3) is 0.412.